The molecule has 0 fully saturated rings. The molecule has 0 aliphatic rings. The van der Waals surface area contributed by atoms with Crippen molar-refractivity contribution in [3.8, 4) is 0 Å². The van der Waals surface area contributed by atoms with Crippen LogP contribution in [0.25, 0.3) is 0 Å². The first-order chi connectivity index (χ1) is 38.4. The Morgan fingerprint density at radius 2 is 0.810 bits per heavy atom. The average molecular weight is 1120 g/mol. The average Bonchev–Trinajstić information content (AvgIpc) is 3.41. The van der Waals surface area contributed by atoms with Crippen molar-refractivity contribution in [3.05, 3.63) is 109 Å². The number of phosphoric acid groups is 1. The Morgan fingerprint density at radius 1 is 0.456 bits per heavy atom. The van der Waals surface area contributed by atoms with Crippen molar-refractivity contribution in [3.63, 3.8) is 0 Å². The molecule has 0 aliphatic carbocycles. The number of nitrogens with one attached hydrogen (secondary N) is 1. The highest BCUT2D eigenvalue weighted by Crippen LogP contribution is 2.38. The lowest BCUT2D eigenvalue weighted by Gasteiger charge is -2.30. The van der Waals surface area contributed by atoms with E-state index in [1.54, 1.807) is 0 Å². The number of phosphoric ester groups is 1. The van der Waals surface area contributed by atoms with Gasteiger partial charge in [-0.3, -0.25) is 14.2 Å². The van der Waals surface area contributed by atoms with Gasteiger partial charge < -0.3 is 28.5 Å². The minimum Gasteiger partial charge on any atom is -0.756 e. The van der Waals surface area contributed by atoms with Crippen molar-refractivity contribution in [2.75, 3.05) is 40.9 Å². The predicted molar refractivity (Wildman–Crippen MR) is 339 cm³/mol. The number of carbonyl (C=O) groups excluding carboxylic acids is 2. The summed E-state index contributed by atoms with van der Waals surface area (Å²) in [5.74, 6) is -0.590. The van der Waals surface area contributed by atoms with E-state index in [-0.39, 0.29) is 31.3 Å². The molecular weight excluding hydrogens is 1000 g/mol. The van der Waals surface area contributed by atoms with Crippen LogP contribution in [0, 0.1) is 0 Å². The number of allylic oxidation sites excluding steroid dienone is 17. The maximum Gasteiger partial charge on any atom is 0.306 e. The third-order valence-electron chi connectivity index (χ3n) is 13.7. The molecule has 0 saturated carbocycles. The summed E-state index contributed by atoms with van der Waals surface area (Å²) in [5.41, 5.74) is 0. The van der Waals surface area contributed by atoms with E-state index >= 15 is 0 Å². The van der Waals surface area contributed by atoms with Gasteiger partial charge in [0.1, 0.15) is 19.3 Å². The fraction of sp³-hybridized carbons (Fsp3) is 0.710. The van der Waals surface area contributed by atoms with E-state index in [4.69, 9.17) is 13.8 Å². The zero-order chi connectivity index (χ0) is 57.9. The third kappa shape index (κ3) is 59.1. The summed E-state index contributed by atoms with van der Waals surface area (Å²) in [6, 6.07) is -0.916. The number of quaternary nitrogens is 1. The summed E-state index contributed by atoms with van der Waals surface area (Å²) in [5, 5.41) is 3.01. The Morgan fingerprint density at radius 3 is 1.25 bits per heavy atom. The minimum atomic E-state index is -4.72. The van der Waals surface area contributed by atoms with Gasteiger partial charge in [-0.05, 0) is 115 Å². The minimum absolute atomic E-state index is 0.0357. The number of likely N-dealkylation sites (N-methyl/N-ethyl adjacent to an activating group) is 1. The molecule has 0 saturated heterocycles. The predicted octanol–water partition coefficient (Wildman–Crippen LogP) is 19.5. The first kappa shape index (κ1) is 75.7. The Labute approximate surface area is 487 Å². The zero-order valence-corrected chi connectivity index (χ0v) is 52.7. The van der Waals surface area contributed by atoms with Crippen LogP contribution < -0.4 is 10.2 Å². The molecule has 454 valence electrons. The Kier molecular flexibility index (Phi) is 55.4. The zero-order valence-electron chi connectivity index (χ0n) is 51.8. The lowest BCUT2D eigenvalue weighted by atomic mass is 10.0. The van der Waals surface area contributed by atoms with Gasteiger partial charge in [0.25, 0.3) is 7.82 Å². The largest absolute Gasteiger partial charge is 0.756 e. The molecule has 1 N–H and O–H groups in total. The summed E-state index contributed by atoms with van der Waals surface area (Å²) < 4.78 is 30.3. The highest BCUT2D eigenvalue weighted by atomic mass is 31.2. The van der Waals surface area contributed by atoms with Crippen molar-refractivity contribution >= 4 is 19.7 Å². The summed E-state index contributed by atoms with van der Waals surface area (Å²) in [4.78, 5) is 40.1. The first-order valence-electron chi connectivity index (χ1n) is 32.2. The molecule has 10 heteroatoms. The Bertz CT molecular complexity index is 1720. The molecule has 3 unspecified atom stereocenters. The molecule has 0 radical (unpaired) electrons. The van der Waals surface area contributed by atoms with E-state index in [9.17, 15) is 19.0 Å². The monoisotopic (exact) mass is 1120 g/mol. The molecule has 79 heavy (non-hydrogen) atoms. The lowest BCUT2D eigenvalue weighted by molar-refractivity contribution is -0.870. The number of unbranched alkanes of at least 4 members (excludes halogenated alkanes) is 25. The third-order valence-corrected chi connectivity index (χ3v) is 14.7. The molecule has 0 heterocycles. The van der Waals surface area contributed by atoms with E-state index in [1.807, 2.05) is 33.3 Å². The van der Waals surface area contributed by atoms with Crippen LogP contribution in [0.3, 0.4) is 0 Å². The maximum absolute atomic E-state index is 13.5. The second-order valence-electron chi connectivity index (χ2n) is 22.5. The molecule has 0 spiro atoms. The molecule has 1 amide bonds. The molecular formula is C69H121N2O7P. The van der Waals surface area contributed by atoms with E-state index in [2.05, 4.69) is 123 Å². The summed E-state index contributed by atoms with van der Waals surface area (Å²) in [6.07, 6.45) is 79.1. The highest BCUT2D eigenvalue weighted by Gasteiger charge is 2.27. The van der Waals surface area contributed by atoms with E-state index < -0.39 is 26.6 Å². The number of hydrogen-bond donors (Lipinski definition) is 1. The number of rotatable bonds is 57. The van der Waals surface area contributed by atoms with Crippen LogP contribution in [-0.2, 0) is 27.9 Å². The van der Waals surface area contributed by atoms with Crippen LogP contribution >= 0.6 is 7.82 Å². The smallest absolute Gasteiger partial charge is 0.306 e. The van der Waals surface area contributed by atoms with Crippen molar-refractivity contribution in [1.29, 1.82) is 0 Å². The van der Waals surface area contributed by atoms with Crippen molar-refractivity contribution in [2.24, 2.45) is 0 Å². The van der Waals surface area contributed by atoms with Gasteiger partial charge in [0.05, 0.1) is 33.8 Å². The van der Waals surface area contributed by atoms with Crippen LogP contribution in [-0.4, -0.2) is 69.4 Å². The fourth-order valence-corrected chi connectivity index (χ4v) is 9.45. The quantitative estimate of drug-likeness (QED) is 0.0212. The number of carbonyl (C=O) groups is 2. The number of ether oxygens (including phenoxy) is 1. The van der Waals surface area contributed by atoms with Gasteiger partial charge in [-0.1, -0.05) is 246 Å². The summed E-state index contributed by atoms with van der Waals surface area (Å²) in [7, 11) is 1.14. The molecule has 0 aliphatic heterocycles. The highest BCUT2D eigenvalue weighted by molar-refractivity contribution is 7.45. The van der Waals surface area contributed by atoms with Crippen LogP contribution in [0.5, 0.6) is 0 Å². The van der Waals surface area contributed by atoms with Crippen molar-refractivity contribution in [1.82, 2.24) is 5.32 Å². The summed E-state index contributed by atoms with van der Waals surface area (Å²) >= 11 is 0. The van der Waals surface area contributed by atoms with Crippen molar-refractivity contribution < 1.29 is 37.3 Å². The molecule has 0 bridgehead atoms. The molecule has 0 rings (SSSR count). The van der Waals surface area contributed by atoms with Gasteiger partial charge in [-0.2, -0.15) is 0 Å². The standard InChI is InChI=1S/C69H121N2O7P/c1-7-10-13-16-19-22-25-28-30-32-34-35-37-39-41-44-47-50-53-56-59-62-69(73)78-67(60-57-54-51-48-45-42-27-24-21-18-15-12-9-3)66(65-77-79(74,75)76-64-63-71(4,5)6)70-68(72)61-58-55-52-49-46-43-40-38-36-33-31-29-26-23-20-17-14-11-8-2/h11,14,19-20,22-23,28-31,34-36,38,43,46,57,60,66-67H,7-10,12-13,15-18,21,24-27,32-33,37,39-42,44-45,47-56,58-59,61-65H2,1-6H3,(H-,70,72,74,75)/b14-11-,22-19-,23-20-,30-28-,31-29-,35-34-,38-36-,46-43-,60-57+. The van der Waals surface area contributed by atoms with E-state index in [0.29, 0.717) is 23.9 Å². The molecule has 0 aromatic heterocycles. The van der Waals surface area contributed by atoms with Crippen molar-refractivity contribution in [2.45, 2.75) is 277 Å². The molecule has 0 aromatic carbocycles. The normalized spacial score (nSPS) is 14.4. The SMILES string of the molecule is CC/C=C\C/C=C\C/C=C\C/C=C\C/C=C\CCCCCC(=O)NC(COP(=O)([O-])OCC[N+](C)(C)C)C(/C=C/CCCCCCCCCCCCC)OC(=O)CCCCCCCCCC/C=C\C/C=C\C/C=C\CCCCC. The second kappa shape index (κ2) is 57.9. The van der Waals surface area contributed by atoms with Gasteiger partial charge in [-0.25, -0.2) is 0 Å². The lowest BCUT2D eigenvalue weighted by Crippen LogP contribution is -2.47. The second-order valence-corrected chi connectivity index (χ2v) is 23.9. The van der Waals surface area contributed by atoms with Gasteiger partial charge in [0.2, 0.25) is 5.91 Å². The van der Waals surface area contributed by atoms with Gasteiger partial charge >= 0.3 is 5.97 Å². The first-order valence-corrected chi connectivity index (χ1v) is 33.7. The maximum atomic E-state index is 13.5. The fourth-order valence-electron chi connectivity index (χ4n) is 8.73. The van der Waals surface area contributed by atoms with Gasteiger partial charge in [0.15, 0.2) is 0 Å². The Hall–Kier alpha value is -3.33. The molecule has 3 atom stereocenters. The Balaban J connectivity index is 5.33. The van der Waals surface area contributed by atoms with Gasteiger partial charge in [-0.15, -0.1) is 0 Å². The molecule has 0 aromatic rings. The molecule has 9 nitrogen and oxygen atoms in total. The number of esters is 1. The summed E-state index contributed by atoms with van der Waals surface area (Å²) in [6.45, 7) is 6.67. The number of nitrogens with zero attached hydrogens (tertiary/aromatic N) is 1. The van der Waals surface area contributed by atoms with Crippen LogP contribution in [0.4, 0.5) is 0 Å². The van der Waals surface area contributed by atoms with Crippen LogP contribution in [0.15, 0.2) is 109 Å². The van der Waals surface area contributed by atoms with Crippen LogP contribution in [0.1, 0.15) is 265 Å². The van der Waals surface area contributed by atoms with Crippen LogP contribution in [0.2, 0.25) is 0 Å². The van der Waals surface area contributed by atoms with E-state index in [0.717, 1.165) is 109 Å². The van der Waals surface area contributed by atoms with E-state index in [1.165, 1.54) is 109 Å². The number of hydrogen-bond acceptors (Lipinski definition) is 7. The van der Waals surface area contributed by atoms with Gasteiger partial charge in [0, 0.05) is 12.8 Å². The topological polar surface area (TPSA) is 114 Å². The number of amides is 1.